The number of alkyl halides is 3. The zero-order valence-electron chi connectivity index (χ0n) is 21.4. The average Bonchev–Trinajstić information content (AvgIpc) is 3.32. The van der Waals surface area contributed by atoms with Crippen LogP contribution in [0.1, 0.15) is 17.1 Å². The van der Waals surface area contributed by atoms with E-state index in [-0.39, 0.29) is 41.9 Å². The van der Waals surface area contributed by atoms with E-state index in [1.165, 1.54) is 31.3 Å². The molecule has 0 unspecified atom stereocenters. The number of nitrogens with zero attached hydrogens (tertiary/aromatic N) is 5. The van der Waals surface area contributed by atoms with E-state index < -0.39 is 41.4 Å². The fraction of sp³-hybridized carbons (Fsp3) is 0.185. The number of rotatable bonds is 6. The third kappa shape index (κ3) is 6.82. The Balaban J connectivity index is 1.66. The Hall–Kier alpha value is -5.32. The van der Waals surface area contributed by atoms with E-state index in [0.717, 1.165) is 34.1 Å². The van der Waals surface area contributed by atoms with E-state index in [2.05, 4.69) is 44.0 Å². The number of nitrogens with one attached hydrogen (secondary N) is 2. The third-order valence-electron chi connectivity index (χ3n) is 5.71. The van der Waals surface area contributed by atoms with Gasteiger partial charge in [0.1, 0.15) is 23.5 Å². The Bertz CT molecular complexity index is 1570. The minimum absolute atomic E-state index is 0.00603. The molecule has 0 bridgehead atoms. The van der Waals surface area contributed by atoms with Crippen molar-refractivity contribution in [3.8, 4) is 11.8 Å². The quantitative estimate of drug-likeness (QED) is 0.268. The van der Waals surface area contributed by atoms with Crippen molar-refractivity contribution in [1.29, 1.82) is 0 Å². The van der Waals surface area contributed by atoms with Crippen LogP contribution in [0.4, 0.5) is 39.7 Å². The highest BCUT2D eigenvalue weighted by atomic mass is 19.4. The fourth-order valence-corrected chi connectivity index (χ4v) is 3.86. The van der Waals surface area contributed by atoms with Crippen molar-refractivity contribution in [2.45, 2.75) is 19.1 Å². The number of pyridine rings is 1. The Morgan fingerprint density at radius 2 is 1.95 bits per heavy atom. The molecule has 3 aromatic rings. The molecule has 10 nitrogen and oxygen atoms in total. The molecule has 41 heavy (non-hydrogen) atoms. The van der Waals surface area contributed by atoms with E-state index in [4.69, 9.17) is 0 Å². The van der Waals surface area contributed by atoms with E-state index in [9.17, 15) is 31.9 Å². The van der Waals surface area contributed by atoms with Crippen LogP contribution >= 0.6 is 0 Å². The Morgan fingerprint density at radius 1 is 1.22 bits per heavy atom. The zero-order chi connectivity index (χ0) is 29.7. The van der Waals surface area contributed by atoms with Crippen molar-refractivity contribution in [1.82, 2.24) is 20.3 Å². The van der Waals surface area contributed by atoms with Crippen LogP contribution in [0.5, 0.6) is 0 Å². The molecule has 1 aliphatic rings. The van der Waals surface area contributed by atoms with Gasteiger partial charge in [-0.2, -0.15) is 13.2 Å². The summed E-state index contributed by atoms with van der Waals surface area (Å²) in [6.07, 6.45) is -2.29. The summed E-state index contributed by atoms with van der Waals surface area (Å²) in [6.45, 7) is 4.17. The van der Waals surface area contributed by atoms with Gasteiger partial charge in [-0.1, -0.05) is 12.5 Å². The first-order valence-electron chi connectivity index (χ1n) is 11.9. The molecule has 0 aliphatic carbocycles. The van der Waals surface area contributed by atoms with Crippen LogP contribution in [-0.2, 0) is 15.8 Å². The molecule has 210 valence electrons. The molecular weight excluding hydrogens is 546 g/mol. The maximum absolute atomic E-state index is 13.8. The van der Waals surface area contributed by atoms with Gasteiger partial charge in [0.2, 0.25) is 11.7 Å². The molecule has 0 saturated carbocycles. The van der Waals surface area contributed by atoms with Gasteiger partial charge in [0.15, 0.2) is 0 Å². The summed E-state index contributed by atoms with van der Waals surface area (Å²) >= 11 is 0. The summed E-state index contributed by atoms with van der Waals surface area (Å²) < 4.78 is 54.0. The summed E-state index contributed by atoms with van der Waals surface area (Å²) in [5.41, 5.74) is -0.821. The number of amides is 4. The summed E-state index contributed by atoms with van der Waals surface area (Å²) in [6, 6.07) is 5.71. The van der Waals surface area contributed by atoms with Crippen LogP contribution in [0.15, 0.2) is 61.3 Å². The molecule has 0 spiro atoms. The molecule has 1 aliphatic heterocycles. The SMILES string of the molecule is C=CC(=O)Nc1ccnc(C#CCN(C(=O)[C@@H]2CNC(=O)N2c2cc(C(F)(F)F)cc(C)n2)c2ccc(F)cc2)n1. The normalized spacial score (nSPS) is 14.5. The van der Waals surface area contributed by atoms with Gasteiger partial charge < -0.3 is 10.6 Å². The number of carbonyl (C=O) groups excluding carboxylic acids is 3. The van der Waals surface area contributed by atoms with E-state index in [0.29, 0.717) is 6.07 Å². The van der Waals surface area contributed by atoms with Crippen LogP contribution in [0.2, 0.25) is 0 Å². The number of hydrogen-bond donors (Lipinski definition) is 2. The standard InChI is InChI=1S/C27H21F4N7O3/c1-3-24(39)36-22-10-11-32-21(35-22)5-4-12-37(19-8-6-18(28)7-9-19)25(40)20-15-33-26(41)38(20)23-14-17(27(29,30)31)13-16(2)34-23/h3,6-11,13-14,20H,1,12,15H2,2H3,(H,33,41)(H,32,35,36,39)/t20-/m0/s1. The highest BCUT2D eigenvalue weighted by Gasteiger charge is 2.41. The smallest absolute Gasteiger partial charge is 0.335 e. The van der Waals surface area contributed by atoms with E-state index in [1.807, 2.05) is 0 Å². The molecule has 4 rings (SSSR count). The first-order chi connectivity index (χ1) is 19.5. The van der Waals surface area contributed by atoms with Crippen LogP contribution < -0.4 is 20.4 Å². The molecule has 3 heterocycles. The lowest BCUT2D eigenvalue weighted by atomic mass is 10.1. The summed E-state index contributed by atoms with van der Waals surface area (Å²) in [5, 5.41) is 4.92. The minimum atomic E-state index is -4.71. The number of aromatic nitrogens is 3. The van der Waals surface area contributed by atoms with Crippen molar-refractivity contribution in [3.63, 3.8) is 0 Å². The number of halogens is 4. The topological polar surface area (TPSA) is 120 Å². The largest absolute Gasteiger partial charge is 0.416 e. The predicted molar refractivity (Wildman–Crippen MR) is 140 cm³/mol. The minimum Gasteiger partial charge on any atom is -0.335 e. The Kier molecular flexibility index (Phi) is 8.27. The first kappa shape index (κ1) is 28.7. The first-order valence-corrected chi connectivity index (χ1v) is 11.9. The van der Waals surface area contributed by atoms with Crippen molar-refractivity contribution in [2.75, 3.05) is 28.2 Å². The second-order valence-corrected chi connectivity index (χ2v) is 8.59. The average molecular weight is 568 g/mol. The molecule has 14 heteroatoms. The van der Waals surface area contributed by atoms with Crippen LogP contribution in [0, 0.1) is 24.6 Å². The highest BCUT2D eigenvalue weighted by molar-refractivity contribution is 6.08. The predicted octanol–water partition coefficient (Wildman–Crippen LogP) is 3.45. The number of carbonyl (C=O) groups is 3. The lowest BCUT2D eigenvalue weighted by molar-refractivity contribution is -0.137. The zero-order valence-corrected chi connectivity index (χ0v) is 21.4. The number of hydrogen-bond acceptors (Lipinski definition) is 6. The second kappa shape index (κ2) is 11.8. The summed E-state index contributed by atoms with van der Waals surface area (Å²) in [7, 11) is 0. The molecule has 1 saturated heterocycles. The number of benzene rings is 1. The maximum atomic E-state index is 13.8. The molecular formula is C27H21F4N7O3. The van der Waals surface area contributed by atoms with Gasteiger partial charge in [0.25, 0.3) is 5.91 Å². The number of anilines is 3. The summed E-state index contributed by atoms with van der Waals surface area (Å²) in [5.74, 6) is 3.44. The van der Waals surface area contributed by atoms with Crippen LogP contribution in [-0.4, -0.2) is 51.9 Å². The van der Waals surface area contributed by atoms with Gasteiger partial charge in [-0.05, 0) is 61.4 Å². The van der Waals surface area contributed by atoms with Gasteiger partial charge in [0, 0.05) is 24.1 Å². The van der Waals surface area contributed by atoms with Gasteiger partial charge in [0.05, 0.1) is 12.1 Å². The van der Waals surface area contributed by atoms with Crippen molar-refractivity contribution in [3.05, 3.63) is 84.2 Å². The molecule has 0 radical (unpaired) electrons. The number of aryl methyl sites for hydroxylation is 1. The fourth-order valence-electron chi connectivity index (χ4n) is 3.86. The highest BCUT2D eigenvalue weighted by Crippen LogP contribution is 2.33. The second-order valence-electron chi connectivity index (χ2n) is 8.59. The third-order valence-corrected chi connectivity index (χ3v) is 5.71. The van der Waals surface area contributed by atoms with Gasteiger partial charge in [-0.25, -0.2) is 24.1 Å². The molecule has 1 aromatic carbocycles. The molecule has 2 N–H and O–H groups in total. The monoisotopic (exact) mass is 567 g/mol. The van der Waals surface area contributed by atoms with Crippen molar-refractivity contribution < 1.29 is 31.9 Å². The van der Waals surface area contributed by atoms with Gasteiger partial charge in [-0.3, -0.25) is 19.4 Å². The van der Waals surface area contributed by atoms with Crippen LogP contribution in [0.25, 0.3) is 0 Å². The van der Waals surface area contributed by atoms with Gasteiger partial charge in [-0.15, -0.1) is 0 Å². The van der Waals surface area contributed by atoms with Crippen molar-refractivity contribution >= 4 is 35.2 Å². The molecule has 1 atom stereocenters. The molecule has 1 fully saturated rings. The Labute approximate surface area is 231 Å². The lowest BCUT2D eigenvalue weighted by Crippen LogP contribution is -2.48. The summed E-state index contributed by atoms with van der Waals surface area (Å²) in [4.78, 5) is 52.1. The Morgan fingerprint density at radius 3 is 2.63 bits per heavy atom. The van der Waals surface area contributed by atoms with Crippen molar-refractivity contribution in [2.24, 2.45) is 0 Å². The molecule has 4 amide bonds. The number of urea groups is 1. The van der Waals surface area contributed by atoms with Gasteiger partial charge >= 0.3 is 12.2 Å². The maximum Gasteiger partial charge on any atom is 0.416 e. The molecule has 2 aromatic heterocycles. The van der Waals surface area contributed by atoms with E-state index in [1.54, 1.807) is 0 Å². The lowest BCUT2D eigenvalue weighted by Gasteiger charge is -2.28. The van der Waals surface area contributed by atoms with E-state index >= 15 is 0 Å². The van der Waals surface area contributed by atoms with Crippen LogP contribution in [0.3, 0.4) is 0 Å².